The predicted octanol–water partition coefficient (Wildman–Crippen LogP) is 5.27. The standard InChI is InChI=1S/C27H28Cl2FN3O4S/c1-18(2)31-27(35)19(3)32(16-20-9-7-8-12-25(20)30)26(34)17-33(23-14-21(28)13-22(29)15-23)38(36,37)24-10-5-4-6-11-24/h4-15,18-19H,16-17H2,1-3H3,(H,31,35)/t19-/m1/s1. The van der Waals surface area contributed by atoms with Gasteiger partial charge in [-0.1, -0.05) is 59.6 Å². The summed E-state index contributed by atoms with van der Waals surface area (Å²) in [6, 6.07) is 16.4. The van der Waals surface area contributed by atoms with Crippen molar-refractivity contribution in [2.45, 2.75) is 44.3 Å². The summed E-state index contributed by atoms with van der Waals surface area (Å²) < 4.78 is 42.8. The number of sulfonamides is 1. The molecular formula is C27H28Cl2FN3O4S. The largest absolute Gasteiger partial charge is 0.352 e. The van der Waals surface area contributed by atoms with Gasteiger partial charge < -0.3 is 10.2 Å². The number of hydrogen-bond acceptors (Lipinski definition) is 4. The molecule has 0 aromatic heterocycles. The van der Waals surface area contributed by atoms with Gasteiger partial charge in [-0.25, -0.2) is 12.8 Å². The minimum atomic E-state index is -4.27. The average molecular weight is 581 g/mol. The van der Waals surface area contributed by atoms with Gasteiger partial charge in [-0.3, -0.25) is 13.9 Å². The van der Waals surface area contributed by atoms with Crippen molar-refractivity contribution < 1.29 is 22.4 Å². The smallest absolute Gasteiger partial charge is 0.264 e. The monoisotopic (exact) mass is 579 g/mol. The van der Waals surface area contributed by atoms with Gasteiger partial charge in [-0.15, -0.1) is 0 Å². The van der Waals surface area contributed by atoms with Gasteiger partial charge in [0.2, 0.25) is 11.8 Å². The Morgan fingerprint density at radius 2 is 1.50 bits per heavy atom. The summed E-state index contributed by atoms with van der Waals surface area (Å²) >= 11 is 12.3. The number of benzene rings is 3. The molecular weight excluding hydrogens is 552 g/mol. The maximum absolute atomic E-state index is 14.5. The number of halogens is 3. The summed E-state index contributed by atoms with van der Waals surface area (Å²) in [6.45, 7) is 4.09. The molecule has 1 atom stereocenters. The van der Waals surface area contributed by atoms with E-state index in [1.54, 1.807) is 38.1 Å². The maximum Gasteiger partial charge on any atom is 0.264 e. The van der Waals surface area contributed by atoms with E-state index in [4.69, 9.17) is 23.2 Å². The minimum Gasteiger partial charge on any atom is -0.352 e. The molecule has 0 bridgehead atoms. The van der Waals surface area contributed by atoms with Crippen molar-refractivity contribution in [3.8, 4) is 0 Å². The molecule has 0 aliphatic carbocycles. The van der Waals surface area contributed by atoms with Crippen molar-refractivity contribution in [2.24, 2.45) is 0 Å². The van der Waals surface area contributed by atoms with Crippen molar-refractivity contribution in [1.82, 2.24) is 10.2 Å². The Labute approximate surface area is 232 Å². The van der Waals surface area contributed by atoms with E-state index in [1.807, 2.05) is 0 Å². The Balaban J connectivity index is 2.07. The summed E-state index contributed by atoms with van der Waals surface area (Å²) in [5.41, 5.74) is 0.234. The van der Waals surface area contributed by atoms with Crippen molar-refractivity contribution in [3.05, 3.63) is 94.2 Å². The van der Waals surface area contributed by atoms with Crippen LogP contribution in [-0.4, -0.2) is 43.8 Å². The number of amides is 2. The molecule has 38 heavy (non-hydrogen) atoms. The first-order valence-electron chi connectivity index (χ1n) is 11.8. The molecule has 202 valence electrons. The second-order valence-electron chi connectivity index (χ2n) is 8.90. The van der Waals surface area contributed by atoms with E-state index in [0.717, 1.165) is 9.21 Å². The predicted molar refractivity (Wildman–Crippen MR) is 147 cm³/mol. The number of nitrogens with one attached hydrogen (secondary N) is 1. The van der Waals surface area contributed by atoms with E-state index in [0.29, 0.717) is 0 Å². The van der Waals surface area contributed by atoms with Crippen LogP contribution in [-0.2, 0) is 26.2 Å². The van der Waals surface area contributed by atoms with Crippen LogP contribution in [0.1, 0.15) is 26.3 Å². The highest BCUT2D eigenvalue weighted by Crippen LogP contribution is 2.30. The lowest BCUT2D eigenvalue weighted by atomic mass is 10.1. The lowest BCUT2D eigenvalue weighted by Crippen LogP contribution is -2.52. The second kappa shape index (κ2) is 12.6. The topological polar surface area (TPSA) is 86.8 Å². The van der Waals surface area contributed by atoms with Gasteiger partial charge in [0, 0.05) is 28.2 Å². The summed E-state index contributed by atoms with van der Waals surface area (Å²) in [7, 11) is -4.27. The minimum absolute atomic E-state index is 0.0600. The Morgan fingerprint density at radius 1 is 0.921 bits per heavy atom. The second-order valence-corrected chi connectivity index (χ2v) is 11.6. The van der Waals surface area contributed by atoms with Gasteiger partial charge in [0.05, 0.1) is 10.6 Å². The molecule has 3 rings (SSSR count). The highest BCUT2D eigenvalue weighted by atomic mass is 35.5. The van der Waals surface area contributed by atoms with E-state index < -0.39 is 40.2 Å². The molecule has 0 radical (unpaired) electrons. The van der Waals surface area contributed by atoms with E-state index in [2.05, 4.69) is 5.32 Å². The Morgan fingerprint density at radius 3 is 2.08 bits per heavy atom. The van der Waals surface area contributed by atoms with Crippen molar-refractivity contribution >= 4 is 50.7 Å². The van der Waals surface area contributed by atoms with Gasteiger partial charge in [0.1, 0.15) is 18.4 Å². The first-order chi connectivity index (χ1) is 17.9. The molecule has 11 heteroatoms. The zero-order valence-electron chi connectivity index (χ0n) is 21.1. The van der Waals surface area contributed by atoms with Gasteiger partial charge in [0.15, 0.2) is 0 Å². The molecule has 0 fully saturated rings. The number of carbonyl (C=O) groups excluding carboxylic acids is 2. The lowest BCUT2D eigenvalue weighted by molar-refractivity contribution is -0.139. The zero-order valence-corrected chi connectivity index (χ0v) is 23.4. The summed E-state index contributed by atoms with van der Waals surface area (Å²) in [5, 5.41) is 3.08. The average Bonchev–Trinajstić information content (AvgIpc) is 2.85. The van der Waals surface area contributed by atoms with Gasteiger partial charge in [-0.05, 0) is 57.2 Å². The van der Waals surface area contributed by atoms with Crippen LogP contribution in [0.2, 0.25) is 10.0 Å². The van der Waals surface area contributed by atoms with Crippen molar-refractivity contribution in [2.75, 3.05) is 10.8 Å². The van der Waals surface area contributed by atoms with Crippen molar-refractivity contribution in [3.63, 3.8) is 0 Å². The normalized spacial score (nSPS) is 12.2. The number of hydrogen-bond donors (Lipinski definition) is 1. The Kier molecular flexibility index (Phi) is 9.76. The van der Waals surface area contributed by atoms with E-state index in [1.165, 1.54) is 55.5 Å². The van der Waals surface area contributed by atoms with Gasteiger partial charge >= 0.3 is 0 Å². The Bertz CT molecular complexity index is 1380. The number of carbonyl (C=O) groups is 2. The molecule has 1 N–H and O–H groups in total. The molecule has 0 spiro atoms. The SMILES string of the molecule is CC(C)NC(=O)[C@@H](C)N(Cc1ccccc1F)C(=O)CN(c1cc(Cl)cc(Cl)c1)S(=O)(=O)c1ccccc1. The number of rotatable bonds is 10. The lowest BCUT2D eigenvalue weighted by Gasteiger charge is -2.32. The molecule has 3 aromatic carbocycles. The number of anilines is 1. The molecule has 0 unspecified atom stereocenters. The van der Waals surface area contributed by atoms with E-state index in [-0.39, 0.29) is 38.8 Å². The molecule has 0 aliphatic rings. The Hall–Kier alpha value is -3.14. The van der Waals surface area contributed by atoms with Crippen LogP contribution in [0.5, 0.6) is 0 Å². The molecule has 0 saturated carbocycles. The van der Waals surface area contributed by atoms with Crippen molar-refractivity contribution in [1.29, 1.82) is 0 Å². The van der Waals surface area contributed by atoms with Crippen LogP contribution < -0.4 is 9.62 Å². The fraction of sp³-hybridized carbons (Fsp3) is 0.259. The van der Waals surface area contributed by atoms with Gasteiger partial charge in [-0.2, -0.15) is 0 Å². The van der Waals surface area contributed by atoms with Crippen LogP contribution in [0, 0.1) is 5.82 Å². The molecule has 3 aromatic rings. The van der Waals surface area contributed by atoms with Crippen LogP contribution in [0.3, 0.4) is 0 Å². The highest BCUT2D eigenvalue weighted by Gasteiger charge is 2.33. The fourth-order valence-corrected chi connectivity index (χ4v) is 5.66. The van der Waals surface area contributed by atoms with Crippen LogP contribution in [0.25, 0.3) is 0 Å². The summed E-state index contributed by atoms with van der Waals surface area (Å²) in [5.74, 6) is -1.75. The maximum atomic E-state index is 14.5. The van der Waals surface area contributed by atoms with Crippen LogP contribution in [0.15, 0.2) is 77.7 Å². The third-order valence-corrected chi connectivity index (χ3v) is 7.87. The van der Waals surface area contributed by atoms with Gasteiger partial charge in [0.25, 0.3) is 10.0 Å². The number of nitrogens with zero attached hydrogens (tertiary/aromatic N) is 2. The molecule has 0 saturated heterocycles. The highest BCUT2D eigenvalue weighted by molar-refractivity contribution is 7.92. The molecule has 0 aliphatic heterocycles. The zero-order chi connectivity index (χ0) is 28.0. The molecule has 0 heterocycles. The first kappa shape index (κ1) is 29.4. The van der Waals surface area contributed by atoms with Crippen LogP contribution >= 0.6 is 23.2 Å². The quantitative estimate of drug-likeness (QED) is 0.354. The molecule has 7 nitrogen and oxygen atoms in total. The third-order valence-electron chi connectivity index (χ3n) is 5.64. The van der Waals surface area contributed by atoms with Crippen LogP contribution in [0.4, 0.5) is 10.1 Å². The molecule has 2 amide bonds. The van der Waals surface area contributed by atoms with E-state index in [9.17, 15) is 22.4 Å². The summed E-state index contributed by atoms with van der Waals surface area (Å²) in [4.78, 5) is 27.7. The fourth-order valence-electron chi connectivity index (χ4n) is 3.73. The first-order valence-corrected chi connectivity index (χ1v) is 14.0. The third kappa shape index (κ3) is 7.24. The van der Waals surface area contributed by atoms with E-state index >= 15 is 0 Å². The summed E-state index contributed by atoms with van der Waals surface area (Å²) in [6.07, 6.45) is 0.